The first-order valence-corrected chi connectivity index (χ1v) is 7.67. The number of halogens is 1. The van der Waals surface area contributed by atoms with Crippen LogP contribution in [0.4, 0.5) is 11.4 Å². The van der Waals surface area contributed by atoms with E-state index >= 15 is 0 Å². The second kappa shape index (κ2) is 6.72. The van der Waals surface area contributed by atoms with E-state index in [1.54, 1.807) is 6.07 Å². The van der Waals surface area contributed by atoms with Crippen LogP contribution in [0.2, 0.25) is 0 Å². The molecule has 0 aliphatic carbocycles. The van der Waals surface area contributed by atoms with Crippen LogP contribution in [0.15, 0.2) is 22.7 Å². The molecular formula is C14H20BrN3O3. The fourth-order valence-corrected chi connectivity index (χ4v) is 2.95. The summed E-state index contributed by atoms with van der Waals surface area (Å²) in [6.07, 6.45) is 1.83. The molecule has 1 aromatic rings. The van der Waals surface area contributed by atoms with Crippen molar-refractivity contribution in [3.05, 3.63) is 32.8 Å². The van der Waals surface area contributed by atoms with E-state index in [1.165, 1.54) is 6.07 Å². The minimum absolute atomic E-state index is 0.0286. The van der Waals surface area contributed by atoms with E-state index in [9.17, 15) is 10.1 Å². The fraction of sp³-hybridized carbons (Fsp3) is 0.571. The van der Waals surface area contributed by atoms with Gasteiger partial charge in [-0.15, -0.1) is 0 Å². The molecule has 0 aromatic heterocycles. The van der Waals surface area contributed by atoms with Crippen LogP contribution < -0.4 is 5.32 Å². The van der Waals surface area contributed by atoms with E-state index < -0.39 is 0 Å². The van der Waals surface area contributed by atoms with Crippen molar-refractivity contribution in [3.8, 4) is 0 Å². The third-order valence-corrected chi connectivity index (χ3v) is 4.63. The number of nitrogens with one attached hydrogen (secondary N) is 1. The van der Waals surface area contributed by atoms with Gasteiger partial charge in [0.15, 0.2) is 0 Å². The summed E-state index contributed by atoms with van der Waals surface area (Å²) < 4.78 is 6.14. The first kappa shape index (κ1) is 16.2. The fourth-order valence-electron chi connectivity index (χ4n) is 2.60. The minimum atomic E-state index is -0.362. The Morgan fingerprint density at radius 3 is 2.67 bits per heavy atom. The zero-order valence-corrected chi connectivity index (χ0v) is 13.9. The molecule has 0 atom stereocenters. The number of hydrogen-bond donors (Lipinski definition) is 1. The second-order valence-electron chi connectivity index (χ2n) is 5.50. The third kappa shape index (κ3) is 3.72. The summed E-state index contributed by atoms with van der Waals surface area (Å²) in [4.78, 5) is 13.0. The van der Waals surface area contributed by atoms with Gasteiger partial charge < -0.3 is 15.0 Å². The molecule has 0 saturated carbocycles. The standard InChI is InChI=1S/C14H20BrN3O3/c1-17(2)14(5-7-21-8-6-14)10-16-12-4-3-11(15)9-13(12)18(19)20/h3-4,9,16H,5-8,10H2,1-2H3. The highest BCUT2D eigenvalue weighted by Crippen LogP contribution is 2.31. The summed E-state index contributed by atoms with van der Waals surface area (Å²) in [6.45, 7) is 2.11. The molecule has 1 aromatic carbocycles. The number of nitro groups is 1. The number of likely N-dealkylation sites (N-methyl/N-ethyl adjacent to an activating group) is 1. The lowest BCUT2D eigenvalue weighted by Gasteiger charge is -2.43. The Morgan fingerprint density at radius 1 is 1.43 bits per heavy atom. The van der Waals surface area contributed by atoms with Crippen molar-refractivity contribution >= 4 is 27.3 Å². The van der Waals surface area contributed by atoms with Crippen LogP contribution in [0.5, 0.6) is 0 Å². The molecule has 7 heteroatoms. The summed E-state index contributed by atoms with van der Waals surface area (Å²) in [5, 5.41) is 14.4. The third-order valence-electron chi connectivity index (χ3n) is 4.14. The van der Waals surface area contributed by atoms with Crippen molar-refractivity contribution in [1.82, 2.24) is 4.90 Å². The summed E-state index contributed by atoms with van der Waals surface area (Å²) in [5.74, 6) is 0. The molecule has 1 N–H and O–H groups in total. The largest absolute Gasteiger partial charge is 0.381 e. The lowest BCUT2D eigenvalue weighted by molar-refractivity contribution is -0.384. The van der Waals surface area contributed by atoms with E-state index in [-0.39, 0.29) is 16.1 Å². The van der Waals surface area contributed by atoms with Crippen LogP contribution >= 0.6 is 15.9 Å². The second-order valence-corrected chi connectivity index (χ2v) is 6.42. The SMILES string of the molecule is CN(C)C1(CNc2ccc(Br)cc2[N+](=O)[O-])CCOCC1. The Morgan fingerprint density at radius 2 is 2.10 bits per heavy atom. The molecule has 0 spiro atoms. The number of ether oxygens (including phenoxy) is 1. The maximum Gasteiger partial charge on any atom is 0.293 e. The molecule has 1 fully saturated rings. The minimum Gasteiger partial charge on any atom is -0.381 e. The summed E-state index contributed by atoms with van der Waals surface area (Å²) in [6, 6.07) is 5.07. The molecule has 0 unspecified atom stereocenters. The Balaban J connectivity index is 2.16. The van der Waals surface area contributed by atoms with Gasteiger partial charge in [-0.3, -0.25) is 10.1 Å². The van der Waals surface area contributed by atoms with Crippen LogP contribution in [0, 0.1) is 10.1 Å². The van der Waals surface area contributed by atoms with E-state index in [0.29, 0.717) is 16.7 Å². The van der Waals surface area contributed by atoms with Crippen molar-refractivity contribution < 1.29 is 9.66 Å². The molecule has 6 nitrogen and oxygen atoms in total. The van der Waals surface area contributed by atoms with Gasteiger partial charge in [-0.05, 0) is 39.1 Å². The van der Waals surface area contributed by atoms with Gasteiger partial charge in [0.25, 0.3) is 5.69 Å². The van der Waals surface area contributed by atoms with Crippen molar-refractivity contribution in [2.24, 2.45) is 0 Å². The molecule has 1 aliphatic heterocycles. The lowest BCUT2D eigenvalue weighted by Crippen LogP contribution is -2.53. The summed E-state index contributed by atoms with van der Waals surface area (Å²) in [7, 11) is 4.09. The van der Waals surface area contributed by atoms with Crippen LogP contribution in [0.3, 0.4) is 0 Å². The van der Waals surface area contributed by atoms with Crippen LogP contribution in [-0.2, 0) is 4.74 Å². The van der Waals surface area contributed by atoms with Gasteiger partial charge in [-0.2, -0.15) is 0 Å². The van der Waals surface area contributed by atoms with Gasteiger partial charge in [0, 0.05) is 35.8 Å². The highest BCUT2D eigenvalue weighted by atomic mass is 79.9. The van der Waals surface area contributed by atoms with Gasteiger partial charge >= 0.3 is 0 Å². The van der Waals surface area contributed by atoms with Crippen molar-refractivity contribution in [2.75, 3.05) is 39.2 Å². The zero-order chi connectivity index (χ0) is 15.5. The Kier molecular flexibility index (Phi) is 5.18. The number of hydrogen-bond acceptors (Lipinski definition) is 5. The zero-order valence-electron chi connectivity index (χ0n) is 12.3. The molecule has 1 saturated heterocycles. The van der Waals surface area contributed by atoms with E-state index in [4.69, 9.17) is 4.74 Å². The van der Waals surface area contributed by atoms with Gasteiger partial charge in [0.2, 0.25) is 0 Å². The first-order valence-electron chi connectivity index (χ1n) is 6.88. The average Bonchev–Trinajstić information content (AvgIpc) is 2.46. The number of anilines is 1. The Hall–Kier alpha value is -1.18. The summed E-state index contributed by atoms with van der Waals surface area (Å²) in [5.41, 5.74) is 0.611. The van der Waals surface area contributed by atoms with Crippen molar-refractivity contribution in [2.45, 2.75) is 18.4 Å². The van der Waals surface area contributed by atoms with Crippen LogP contribution in [-0.4, -0.2) is 49.2 Å². The molecule has 1 aliphatic rings. The number of nitrogens with zero attached hydrogens (tertiary/aromatic N) is 2. The van der Waals surface area contributed by atoms with Gasteiger partial charge in [-0.1, -0.05) is 15.9 Å². The molecule has 0 bridgehead atoms. The normalized spacial score (nSPS) is 17.7. The quantitative estimate of drug-likeness (QED) is 0.648. The van der Waals surface area contributed by atoms with Crippen LogP contribution in [0.1, 0.15) is 12.8 Å². The number of rotatable bonds is 5. The van der Waals surface area contributed by atoms with Crippen molar-refractivity contribution in [3.63, 3.8) is 0 Å². The van der Waals surface area contributed by atoms with E-state index in [1.807, 2.05) is 20.2 Å². The summed E-state index contributed by atoms with van der Waals surface area (Å²) >= 11 is 3.27. The molecule has 116 valence electrons. The topological polar surface area (TPSA) is 67.6 Å². The maximum absolute atomic E-state index is 11.2. The monoisotopic (exact) mass is 357 g/mol. The molecule has 0 amide bonds. The lowest BCUT2D eigenvalue weighted by atomic mass is 9.88. The van der Waals surface area contributed by atoms with Crippen molar-refractivity contribution in [1.29, 1.82) is 0 Å². The van der Waals surface area contributed by atoms with E-state index in [0.717, 1.165) is 26.1 Å². The Labute approximate surface area is 132 Å². The first-order chi connectivity index (χ1) is 9.94. The maximum atomic E-state index is 11.2. The molecule has 0 radical (unpaired) electrons. The van der Waals surface area contributed by atoms with E-state index in [2.05, 4.69) is 26.1 Å². The molecule has 21 heavy (non-hydrogen) atoms. The number of nitro benzene ring substituents is 1. The highest BCUT2D eigenvalue weighted by molar-refractivity contribution is 9.10. The smallest absolute Gasteiger partial charge is 0.293 e. The van der Waals surface area contributed by atoms with Gasteiger partial charge in [-0.25, -0.2) is 0 Å². The highest BCUT2D eigenvalue weighted by Gasteiger charge is 2.35. The average molecular weight is 358 g/mol. The molecule has 1 heterocycles. The predicted octanol–water partition coefficient (Wildman–Crippen LogP) is 2.88. The number of benzene rings is 1. The van der Waals surface area contributed by atoms with Gasteiger partial charge in [0.1, 0.15) is 5.69 Å². The van der Waals surface area contributed by atoms with Gasteiger partial charge in [0.05, 0.1) is 4.92 Å². The Bertz CT molecular complexity index is 516. The predicted molar refractivity (Wildman–Crippen MR) is 85.8 cm³/mol. The molecular weight excluding hydrogens is 338 g/mol. The van der Waals surface area contributed by atoms with Crippen LogP contribution in [0.25, 0.3) is 0 Å². The molecule has 2 rings (SSSR count).